The summed E-state index contributed by atoms with van der Waals surface area (Å²) in [5.41, 5.74) is -0.0184. The van der Waals surface area contributed by atoms with E-state index in [1.54, 1.807) is 23.1 Å². The topological polar surface area (TPSA) is 80.3 Å². The number of hydrogen-bond acceptors (Lipinski definition) is 6. The molecule has 33 heavy (non-hydrogen) atoms. The molecule has 0 aliphatic carbocycles. The van der Waals surface area contributed by atoms with Gasteiger partial charge in [0.05, 0.1) is 16.9 Å². The van der Waals surface area contributed by atoms with Crippen LogP contribution in [0.5, 0.6) is 0 Å². The van der Waals surface area contributed by atoms with Crippen molar-refractivity contribution < 1.29 is 22.4 Å². The average molecular weight is 480 g/mol. The lowest BCUT2D eigenvalue weighted by Crippen LogP contribution is -2.49. The minimum absolute atomic E-state index is 0.0518. The van der Waals surface area contributed by atoms with Crippen molar-refractivity contribution in [2.75, 3.05) is 42.7 Å². The molecule has 2 N–H and O–H groups in total. The number of alkyl halides is 3. The van der Waals surface area contributed by atoms with E-state index in [0.717, 1.165) is 28.6 Å². The predicted molar refractivity (Wildman–Crippen MR) is 117 cm³/mol. The summed E-state index contributed by atoms with van der Waals surface area (Å²) in [6, 6.07) is 11.2. The van der Waals surface area contributed by atoms with Gasteiger partial charge in [0.15, 0.2) is 5.82 Å². The Kier molecular flexibility index (Phi) is 6.45. The fourth-order valence-corrected chi connectivity index (χ4v) is 4.27. The van der Waals surface area contributed by atoms with E-state index in [9.17, 15) is 22.4 Å². The van der Waals surface area contributed by atoms with Crippen LogP contribution < -0.4 is 10.7 Å². The van der Waals surface area contributed by atoms with Crippen LogP contribution in [-0.2, 0) is 11.0 Å². The van der Waals surface area contributed by atoms with Crippen LogP contribution in [-0.4, -0.2) is 57.6 Å². The third kappa shape index (κ3) is 5.05. The monoisotopic (exact) mass is 480 g/mol. The number of amides is 1. The summed E-state index contributed by atoms with van der Waals surface area (Å²) < 4.78 is 54.0. The molecule has 0 bridgehead atoms. The van der Waals surface area contributed by atoms with E-state index >= 15 is 0 Å². The van der Waals surface area contributed by atoms with Gasteiger partial charge >= 0.3 is 6.18 Å². The summed E-state index contributed by atoms with van der Waals surface area (Å²) in [6.07, 6.45) is -4.40. The van der Waals surface area contributed by atoms with Crippen LogP contribution in [0.15, 0.2) is 53.7 Å². The first-order valence-corrected chi connectivity index (χ1v) is 11.0. The molecular weight excluding hydrogens is 460 g/mol. The first kappa shape index (κ1) is 22.9. The van der Waals surface area contributed by atoms with Crippen molar-refractivity contribution in [3.05, 3.63) is 59.9 Å². The van der Waals surface area contributed by atoms with Crippen molar-refractivity contribution in [2.45, 2.75) is 11.3 Å². The molecule has 0 radical (unpaired) electrons. The van der Waals surface area contributed by atoms with Crippen molar-refractivity contribution in [2.24, 2.45) is 0 Å². The number of rotatable bonds is 5. The zero-order chi connectivity index (χ0) is 23.6. The molecule has 1 saturated heterocycles. The number of nitrogens with two attached hydrogens (primary N) is 1. The number of hydrogen-bond donors (Lipinski definition) is 1. The molecule has 1 fully saturated rings. The molecule has 0 saturated carbocycles. The second-order valence-corrected chi connectivity index (χ2v) is 8.30. The van der Waals surface area contributed by atoms with E-state index < -0.39 is 17.6 Å². The third-order valence-corrected chi connectivity index (χ3v) is 6.20. The highest BCUT2D eigenvalue weighted by molar-refractivity contribution is 7.99. The highest BCUT2D eigenvalue weighted by Gasteiger charge is 2.31. The molecule has 1 amide bonds. The zero-order valence-corrected chi connectivity index (χ0v) is 18.1. The van der Waals surface area contributed by atoms with Gasteiger partial charge in [-0.1, -0.05) is 30.0 Å². The molecule has 1 aliphatic heterocycles. The number of aromatic nitrogens is 3. The zero-order valence-electron chi connectivity index (χ0n) is 17.3. The Labute approximate surface area is 191 Å². The minimum Gasteiger partial charge on any atom is -0.368 e. The van der Waals surface area contributed by atoms with Crippen molar-refractivity contribution in [1.82, 2.24) is 19.8 Å². The number of piperazine rings is 1. The average Bonchev–Trinajstić information content (AvgIpc) is 3.17. The summed E-state index contributed by atoms with van der Waals surface area (Å²) in [5, 5.41) is 8.13. The Hall–Kier alpha value is -3.28. The molecule has 2 heterocycles. The molecule has 3 aromatic rings. The molecule has 0 unspecified atom stereocenters. The molecule has 1 aromatic heterocycles. The number of thioether (sulfide) groups is 1. The van der Waals surface area contributed by atoms with E-state index in [1.165, 1.54) is 18.2 Å². The first-order valence-electron chi connectivity index (χ1n) is 10.0. The van der Waals surface area contributed by atoms with E-state index in [2.05, 4.69) is 10.2 Å². The molecule has 7 nitrogen and oxygen atoms in total. The number of carbonyl (C=O) groups is 1. The van der Waals surface area contributed by atoms with Gasteiger partial charge in [0.1, 0.15) is 5.82 Å². The fourth-order valence-electron chi connectivity index (χ4n) is 3.51. The van der Waals surface area contributed by atoms with Crippen molar-refractivity contribution in [3.63, 3.8) is 0 Å². The Bertz CT molecular complexity index is 1140. The number of halogens is 4. The summed E-state index contributed by atoms with van der Waals surface area (Å²) in [6.45, 7) is 1.60. The molecule has 1 aliphatic rings. The maximum absolute atomic E-state index is 14.0. The Morgan fingerprint density at radius 2 is 1.76 bits per heavy atom. The Morgan fingerprint density at radius 1 is 1.03 bits per heavy atom. The fraction of sp³-hybridized carbons (Fsp3) is 0.286. The van der Waals surface area contributed by atoms with E-state index in [4.69, 9.17) is 5.84 Å². The van der Waals surface area contributed by atoms with Gasteiger partial charge < -0.3 is 15.6 Å². The largest absolute Gasteiger partial charge is 0.416 e. The van der Waals surface area contributed by atoms with Gasteiger partial charge in [0.25, 0.3) is 0 Å². The highest BCUT2D eigenvalue weighted by Crippen LogP contribution is 2.32. The molecule has 174 valence electrons. The van der Waals surface area contributed by atoms with Crippen LogP contribution in [0, 0.1) is 5.82 Å². The van der Waals surface area contributed by atoms with Crippen molar-refractivity contribution in [3.8, 4) is 11.4 Å². The number of carbonyl (C=O) groups excluding carboxylic acids is 1. The summed E-state index contributed by atoms with van der Waals surface area (Å²) in [5.74, 6) is 5.55. The van der Waals surface area contributed by atoms with Gasteiger partial charge in [-0.25, -0.2) is 9.07 Å². The van der Waals surface area contributed by atoms with Crippen molar-refractivity contribution >= 4 is 23.4 Å². The first-order chi connectivity index (χ1) is 15.7. The normalized spacial score (nSPS) is 14.5. The van der Waals surface area contributed by atoms with E-state index in [0.29, 0.717) is 31.9 Å². The van der Waals surface area contributed by atoms with Gasteiger partial charge in [-0.05, 0) is 30.3 Å². The van der Waals surface area contributed by atoms with Gasteiger partial charge in [0, 0.05) is 31.9 Å². The molecule has 0 atom stereocenters. The Morgan fingerprint density at radius 3 is 2.45 bits per heavy atom. The standard InChI is InChI=1S/C21H20F4N6OS/c22-17-7-2-1-6-16(17)19-27-28-20(31(19)26)33-13-18(32)30-10-8-29(9-11-30)15-5-3-4-14(12-15)21(23,24)25/h1-7,12H,8-11,13,26H2. The maximum atomic E-state index is 14.0. The third-order valence-electron chi connectivity index (χ3n) is 5.28. The van der Waals surface area contributed by atoms with E-state index in [-0.39, 0.29) is 28.2 Å². The maximum Gasteiger partial charge on any atom is 0.416 e. The molecule has 0 spiro atoms. The molecule has 12 heteroatoms. The molecule has 4 rings (SSSR count). The molecular formula is C21H20F4N6OS. The van der Waals surface area contributed by atoms with Crippen LogP contribution in [0.3, 0.4) is 0 Å². The summed E-state index contributed by atoms with van der Waals surface area (Å²) >= 11 is 1.08. The van der Waals surface area contributed by atoms with E-state index in [1.807, 2.05) is 4.90 Å². The van der Waals surface area contributed by atoms with Crippen molar-refractivity contribution in [1.29, 1.82) is 0 Å². The lowest BCUT2D eigenvalue weighted by Gasteiger charge is -2.36. The van der Waals surface area contributed by atoms with Gasteiger partial charge in [-0.2, -0.15) is 13.2 Å². The summed E-state index contributed by atoms with van der Waals surface area (Å²) in [4.78, 5) is 16.1. The number of nitrogens with zero attached hydrogens (tertiary/aromatic N) is 5. The SMILES string of the molecule is Nn1c(SCC(=O)N2CCN(c3cccc(C(F)(F)F)c3)CC2)nnc1-c1ccccc1F. The highest BCUT2D eigenvalue weighted by atomic mass is 32.2. The smallest absolute Gasteiger partial charge is 0.368 e. The van der Waals surface area contributed by atoms with Gasteiger partial charge in [-0.3, -0.25) is 4.79 Å². The van der Waals surface area contributed by atoms with Crippen LogP contribution in [0.4, 0.5) is 23.2 Å². The van der Waals surface area contributed by atoms with Gasteiger partial charge in [0.2, 0.25) is 11.1 Å². The minimum atomic E-state index is -4.40. The number of benzene rings is 2. The predicted octanol–water partition coefficient (Wildman–Crippen LogP) is 3.26. The Balaban J connectivity index is 1.33. The number of nitrogen functional groups attached to an aromatic ring is 1. The second kappa shape index (κ2) is 9.30. The van der Waals surface area contributed by atoms with Crippen LogP contribution >= 0.6 is 11.8 Å². The lowest BCUT2D eigenvalue weighted by molar-refractivity contribution is -0.137. The molecule has 2 aromatic carbocycles. The number of anilines is 1. The lowest BCUT2D eigenvalue weighted by atomic mass is 10.1. The second-order valence-electron chi connectivity index (χ2n) is 7.36. The quantitative estimate of drug-likeness (QED) is 0.343. The van der Waals surface area contributed by atoms with Crippen LogP contribution in [0.2, 0.25) is 0 Å². The van der Waals surface area contributed by atoms with Crippen LogP contribution in [0.1, 0.15) is 5.56 Å². The van der Waals surface area contributed by atoms with Gasteiger partial charge in [-0.15, -0.1) is 10.2 Å². The van der Waals surface area contributed by atoms with Crippen LogP contribution in [0.25, 0.3) is 11.4 Å². The summed E-state index contributed by atoms with van der Waals surface area (Å²) in [7, 11) is 0.